The molecule has 0 unspecified atom stereocenters. The summed E-state index contributed by atoms with van der Waals surface area (Å²) in [5.74, 6) is 0.208. The first kappa shape index (κ1) is 13.2. The van der Waals surface area contributed by atoms with Crippen LogP contribution < -0.4 is 5.32 Å². The fourth-order valence-corrected chi connectivity index (χ4v) is 2.98. The Hall–Kier alpha value is -1.80. The smallest absolute Gasteiger partial charge is 0.263 e. The molecule has 1 atom stereocenters. The van der Waals surface area contributed by atoms with Crippen molar-refractivity contribution in [2.75, 3.05) is 11.9 Å². The van der Waals surface area contributed by atoms with Crippen molar-refractivity contribution in [2.24, 2.45) is 0 Å². The van der Waals surface area contributed by atoms with Gasteiger partial charge in [-0.1, -0.05) is 16.5 Å². The number of rotatable bonds is 3. The maximum absolute atomic E-state index is 12.1. The first-order valence-corrected chi connectivity index (χ1v) is 7.16. The molecule has 106 valence electrons. The van der Waals surface area contributed by atoms with E-state index in [1.54, 1.807) is 13.8 Å². The van der Waals surface area contributed by atoms with E-state index in [0.29, 0.717) is 22.1 Å². The van der Waals surface area contributed by atoms with Crippen LogP contribution in [0.4, 0.5) is 5.13 Å². The lowest BCUT2D eigenvalue weighted by molar-refractivity contribution is 0.102. The number of nitrogens with zero attached hydrogens (tertiary/aromatic N) is 3. The molecule has 0 spiro atoms. The third kappa shape index (κ3) is 2.44. The largest absolute Gasteiger partial charge is 0.371 e. The Labute approximate surface area is 119 Å². The molecule has 1 N–H and O–H groups in total. The standard InChI is InChI=1S/C12H14N4O3S/c1-6-9(7(2)19-16-6)10(17)13-12-15-14-11(20-12)8-4-3-5-18-8/h8H,3-5H2,1-2H3,(H,13,15,17)/t8-/m1/s1. The van der Waals surface area contributed by atoms with Gasteiger partial charge in [-0.3, -0.25) is 10.1 Å². The van der Waals surface area contributed by atoms with Crippen molar-refractivity contribution in [3.8, 4) is 0 Å². The minimum absolute atomic E-state index is 0.0113. The van der Waals surface area contributed by atoms with Crippen molar-refractivity contribution < 1.29 is 14.1 Å². The lowest BCUT2D eigenvalue weighted by Gasteiger charge is -2.02. The van der Waals surface area contributed by atoms with Gasteiger partial charge < -0.3 is 9.26 Å². The van der Waals surface area contributed by atoms with Gasteiger partial charge in [-0.05, 0) is 26.7 Å². The van der Waals surface area contributed by atoms with Crippen LogP contribution in [-0.2, 0) is 4.74 Å². The number of nitrogens with one attached hydrogen (secondary N) is 1. The molecular formula is C12H14N4O3S. The van der Waals surface area contributed by atoms with E-state index in [1.165, 1.54) is 11.3 Å². The summed E-state index contributed by atoms with van der Waals surface area (Å²) in [5.41, 5.74) is 1.00. The molecule has 8 heteroatoms. The highest BCUT2D eigenvalue weighted by atomic mass is 32.1. The summed E-state index contributed by atoms with van der Waals surface area (Å²) in [7, 11) is 0. The Balaban J connectivity index is 1.73. The summed E-state index contributed by atoms with van der Waals surface area (Å²) in [5, 5.41) is 15.8. The molecule has 1 aliphatic heterocycles. The second-order valence-electron chi connectivity index (χ2n) is 4.60. The molecule has 7 nitrogen and oxygen atoms in total. The first-order chi connectivity index (χ1) is 9.65. The zero-order valence-electron chi connectivity index (χ0n) is 11.2. The third-order valence-corrected chi connectivity index (χ3v) is 4.06. The number of aryl methyl sites for hydroxylation is 2. The first-order valence-electron chi connectivity index (χ1n) is 6.34. The SMILES string of the molecule is Cc1noc(C)c1C(=O)Nc1nnc([C@H]2CCCO2)s1. The molecule has 1 fully saturated rings. The van der Waals surface area contributed by atoms with E-state index < -0.39 is 0 Å². The van der Waals surface area contributed by atoms with Gasteiger partial charge in [0.1, 0.15) is 22.4 Å². The molecule has 3 heterocycles. The minimum Gasteiger partial charge on any atom is -0.371 e. The molecule has 1 amide bonds. The van der Waals surface area contributed by atoms with Crippen molar-refractivity contribution in [2.45, 2.75) is 32.8 Å². The van der Waals surface area contributed by atoms with Crippen LogP contribution in [0.3, 0.4) is 0 Å². The zero-order chi connectivity index (χ0) is 14.1. The highest BCUT2D eigenvalue weighted by Gasteiger charge is 2.23. The molecule has 20 heavy (non-hydrogen) atoms. The molecule has 1 aliphatic rings. The van der Waals surface area contributed by atoms with E-state index in [0.717, 1.165) is 24.5 Å². The van der Waals surface area contributed by atoms with E-state index in [1.807, 2.05) is 0 Å². The monoisotopic (exact) mass is 294 g/mol. The Morgan fingerprint density at radius 1 is 1.40 bits per heavy atom. The molecule has 3 rings (SSSR count). The van der Waals surface area contributed by atoms with E-state index in [4.69, 9.17) is 9.26 Å². The number of hydrogen-bond acceptors (Lipinski definition) is 7. The summed E-state index contributed by atoms with van der Waals surface area (Å²) in [6.07, 6.45) is 1.99. The van der Waals surface area contributed by atoms with Crippen LogP contribution >= 0.6 is 11.3 Å². The molecule has 2 aromatic rings. The second kappa shape index (κ2) is 5.29. The van der Waals surface area contributed by atoms with Crippen molar-refractivity contribution in [3.63, 3.8) is 0 Å². The number of carbonyl (C=O) groups is 1. The van der Waals surface area contributed by atoms with Crippen LogP contribution in [0, 0.1) is 13.8 Å². The molecule has 2 aromatic heterocycles. The molecular weight excluding hydrogens is 280 g/mol. The van der Waals surface area contributed by atoms with Gasteiger partial charge in [0, 0.05) is 6.61 Å². The number of anilines is 1. The maximum Gasteiger partial charge on any atom is 0.263 e. The van der Waals surface area contributed by atoms with E-state index in [-0.39, 0.29) is 12.0 Å². The van der Waals surface area contributed by atoms with Crippen LogP contribution in [0.2, 0.25) is 0 Å². The van der Waals surface area contributed by atoms with Gasteiger partial charge in [-0.2, -0.15) is 0 Å². The number of amides is 1. The molecule has 0 aromatic carbocycles. The normalized spacial score (nSPS) is 18.4. The minimum atomic E-state index is -0.281. The van der Waals surface area contributed by atoms with Gasteiger partial charge in [0.2, 0.25) is 5.13 Å². The fourth-order valence-electron chi connectivity index (χ4n) is 2.15. The van der Waals surface area contributed by atoms with Crippen LogP contribution in [0.15, 0.2) is 4.52 Å². The average molecular weight is 294 g/mol. The quantitative estimate of drug-likeness (QED) is 0.933. The summed E-state index contributed by atoms with van der Waals surface area (Å²) < 4.78 is 10.5. The predicted molar refractivity (Wildman–Crippen MR) is 71.8 cm³/mol. The highest BCUT2D eigenvalue weighted by Crippen LogP contribution is 2.32. The summed E-state index contributed by atoms with van der Waals surface area (Å²) in [6.45, 7) is 4.18. The zero-order valence-corrected chi connectivity index (χ0v) is 12.0. The van der Waals surface area contributed by atoms with Gasteiger partial charge in [0.05, 0.1) is 5.69 Å². The van der Waals surface area contributed by atoms with E-state index in [2.05, 4.69) is 20.7 Å². The Morgan fingerprint density at radius 3 is 2.90 bits per heavy atom. The Morgan fingerprint density at radius 2 is 2.25 bits per heavy atom. The maximum atomic E-state index is 12.1. The van der Waals surface area contributed by atoms with Gasteiger partial charge in [0.15, 0.2) is 0 Å². The molecule has 0 aliphatic carbocycles. The Kier molecular flexibility index (Phi) is 3.49. The molecule has 0 radical (unpaired) electrons. The molecule has 1 saturated heterocycles. The third-order valence-electron chi connectivity index (χ3n) is 3.13. The number of aromatic nitrogens is 3. The Bertz CT molecular complexity index is 611. The molecule has 0 bridgehead atoms. The van der Waals surface area contributed by atoms with Crippen molar-refractivity contribution in [3.05, 3.63) is 22.0 Å². The van der Waals surface area contributed by atoms with Crippen LogP contribution in [0.25, 0.3) is 0 Å². The number of hydrogen-bond donors (Lipinski definition) is 1. The van der Waals surface area contributed by atoms with Gasteiger partial charge in [-0.25, -0.2) is 0 Å². The van der Waals surface area contributed by atoms with Crippen molar-refractivity contribution >= 4 is 22.4 Å². The van der Waals surface area contributed by atoms with Gasteiger partial charge >= 0.3 is 0 Å². The molecule has 0 saturated carbocycles. The second-order valence-corrected chi connectivity index (χ2v) is 5.61. The van der Waals surface area contributed by atoms with Gasteiger partial charge in [-0.15, -0.1) is 10.2 Å². The number of carbonyl (C=O) groups excluding carboxylic acids is 1. The summed E-state index contributed by atoms with van der Waals surface area (Å²) >= 11 is 1.34. The van der Waals surface area contributed by atoms with Crippen molar-refractivity contribution in [1.29, 1.82) is 0 Å². The highest BCUT2D eigenvalue weighted by molar-refractivity contribution is 7.15. The van der Waals surface area contributed by atoms with Crippen LogP contribution in [0.5, 0.6) is 0 Å². The van der Waals surface area contributed by atoms with E-state index >= 15 is 0 Å². The topological polar surface area (TPSA) is 90.1 Å². The van der Waals surface area contributed by atoms with E-state index in [9.17, 15) is 4.79 Å². The average Bonchev–Trinajstić information content (AvgIpc) is 3.10. The van der Waals surface area contributed by atoms with Crippen LogP contribution in [0.1, 0.15) is 45.8 Å². The summed E-state index contributed by atoms with van der Waals surface area (Å²) in [4.78, 5) is 12.1. The van der Waals surface area contributed by atoms with Crippen LogP contribution in [-0.4, -0.2) is 27.9 Å². The predicted octanol–water partition coefficient (Wildman–Crippen LogP) is 2.25. The lowest BCUT2D eigenvalue weighted by Crippen LogP contribution is -2.13. The van der Waals surface area contributed by atoms with Gasteiger partial charge in [0.25, 0.3) is 5.91 Å². The van der Waals surface area contributed by atoms with Crippen molar-refractivity contribution in [1.82, 2.24) is 15.4 Å². The summed E-state index contributed by atoms with van der Waals surface area (Å²) in [6, 6.07) is 0. The number of ether oxygens (including phenoxy) is 1. The fraction of sp³-hybridized carbons (Fsp3) is 0.500. The lowest BCUT2D eigenvalue weighted by atomic mass is 10.2.